The van der Waals surface area contributed by atoms with Crippen molar-refractivity contribution in [1.29, 1.82) is 0 Å². The van der Waals surface area contributed by atoms with Crippen LogP contribution < -0.4 is 19.8 Å². The second kappa shape index (κ2) is 11.0. The van der Waals surface area contributed by atoms with E-state index in [1.807, 2.05) is 18.2 Å². The molecule has 2 aliphatic heterocycles. The summed E-state index contributed by atoms with van der Waals surface area (Å²) in [6, 6.07) is 21.3. The van der Waals surface area contributed by atoms with Crippen LogP contribution in [0.25, 0.3) is 0 Å². The van der Waals surface area contributed by atoms with Gasteiger partial charge >= 0.3 is 4.87 Å². The van der Waals surface area contributed by atoms with Crippen LogP contribution in [-0.4, -0.2) is 34.6 Å². The number of thiazole rings is 1. The molecule has 2 aliphatic carbocycles. The van der Waals surface area contributed by atoms with E-state index in [-0.39, 0.29) is 64.0 Å². The first-order chi connectivity index (χ1) is 21.8. The molecule has 8 nitrogen and oxygen atoms in total. The summed E-state index contributed by atoms with van der Waals surface area (Å²) in [4.78, 5) is 58.1. The third-order valence-corrected chi connectivity index (χ3v) is 12.6. The summed E-state index contributed by atoms with van der Waals surface area (Å²) in [5.41, 5.74) is 2.11. The molecule has 3 amide bonds. The number of H-pyrrole nitrogens is 1. The molecule has 0 radical (unpaired) electrons. The van der Waals surface area contributed by atoms with Crippen molar-refractivity contribution in [3.63, 3.8) is 0 Å². The average molecular weight is 679 g/mol. The summed E-state index contributed by atoms with van der Waals surface area (Å²) in [5.74, 6) is -0.988. The number of amides is 3. The molecule has 2 N–H and O–H groups in total. The van der Waals surface area contributed by atoms with E-state index in [0.717, 1.165) is 21.9 Å². The Labute approximate surface area is 276 Å². The van der Waals surface area contributed by atoms with Crippen LogP contribution in [0.1, 0.15) is 22.8 Å². The molecule has 8 rings (SSSR count). The number of aromatic amines is 1. The zero-order valence-electron chi connectivity index (χ0n) is 23.4. The van der Waals surface area contributed by atoms with Crippen LogP contribution in [0.5, 0.6) is 5.75 Å². The lowest BCUT2D eigenvalue weighted by molar-refractivity contribution is -0.123. The monoisotopic (exact) mass is 677 g/mol. The number of rotatable bonds is 6. The van der Waals surface area contributed by atoms with Gasteiger partial charge in [-0.05, 0) is 90.4 Å². The molecule has 1 saturated heterocycles. The van der Waals surface area contributed by atoms with Gasteiger partial charge in [-0.25, -0.2) is 0 Å². The number of anilines is 2. The minimum Gasteiger partial charge on any atom is -0.484 e. The second-order valence-electron chi connectivity index (χ2n) is 11.9. The summed E-state index contributed by atoms with van der Waals surface area (Å²) in [7, 11) is 0. The Morgan fingerprint density at radius 1 is 0.933 bits per heavy atom. The van der Waals surface area contributed by atoms with E-state index in [0.29, 0.717) is 27.2 Å². The standard InChI is InChI=1S/C33H25Cl2N3O5S2/c34-16-4-8-18(9-5-16)36-23(39)14-43-20-3-1-2-15(12-20)24-25-21-13-22(28(25)44-30-29(24)45-33(42)37-30)27-26(21)31(40)38(32(27)41)19-10-6-17(35)7-11-19/h1-12,21-22,24-28H,13-14H2,(H,36,39)(H,37,42)/t21-,22-,24+,25-,26+,27+,28-/m1/s1. The number of ether oxygens (including phenoxy) is 1. The minimum atomic E-state index is -0.407. The number of fused-ring (bicyclic) bond motifs is 9. The summed E-state index contributed by atoms with van der Waals surface area (Å²) >= 11 is 14.9. The normalized spacial score (nSPS) is 27.7. The highest BCUT2D eigenvalue weighted by Crippen LogP contribution is 2.68. The lowest BCUT2D eigenvalue weighted by Gasteiger charge is -2.43. The van der Waals surface area contributed by atoms with Gasteiger partial charge < -0.3 is 15.0 Å². The highest BCUT2D eigenvalue weighted by atomic mass is 35.5. The second-order valence-corrected chi connectivity index (χ2v) is 14.9. The van der Waals surface area contributed by atoms with Crippen molar-refractivity contribution < 1.29 is 19.1 Å². The molecule has 0 spiro atoms. The molecule has 4 aliphatic rings. The largest absolute Gasteiger partial charge is 0.484 e. The Bertz CT molecular complexity index is 1910. The molecule has 3 heterocycles. The number of carbonyl (C=O) groups excluding carboxylic acids is 3. The minimum absolute atomic E-state index is 0.0128. The van der Waals surface area contributed by atoms with Gasteiger partial charge in [0.1, 0.15) is 5.75 Å². The Kier molecular flexibility index (Phi) is 7.09. The topological polar surface area (TPSA) is 109 Å². The Morgan fingerprint density at radius 2 is 1.62 bits per heavy atom. The van der Waals surface area contributed by atoms with Crippen LogP contribution in [-0.2, 0) is 14.4 Å². The van der Waals surface area contributed by atoms with Crippen LogP contribution in [0.4, 0.5) is 11.4 Å². The van der Waals surface area contributed by atoms with Crippen molar-refractivity contribution in [1.82, 2.24) is 4.98 Å². The van der Waals surface area contributed by atoms with Gasteiger partial charge in [-0.2, -0.15) is 0 Å². The Morgan fingerprint density at radius 3 is 2.36 bits per heavy atom. The van der Waals surface area contributed by atoms with Crippen molar-refractivity contribution in [2.75, 3.05) is 16.8 Å². The summed E-state index contributed by atoms with van der Waals surface area (Å²) in [5, 5.41) is 4.81. The van der Waals surface area contributed by atoms with Crippen molar-refractivity contribution in [2.45, 2.75) is 22.6 Å². The van der Waals surface area contributed by atoms with E-state index in [9.17, 15) is 19.2 Å². The van der Waals surface area contributed by atoms with Gasteiger partial charge in [0.25, 0.3) is 5.91 Å². The smallest absolute Gasteiger partial charge is 0.305 e. The number of carbonyl (C=O) groups is 3. The van der Waals surface area contributed by atoms with Gasteiger partial charge in [0.2, 0.25) is 11.8 Å². The van der Waals surface area contributed by atoms with Gasteiger partial charge in [0.05, 0.1) is 22.5 Å². The predicted molar refractivity (Wildman–Crippen MR) is 174 cm³/mol. The first kappa shape index (κ1) is 28.9. The molecule has 0 unspecified atom stereocenters. The number of nitrogens with zero attached hydrogens (tertiary/aromatic N) is 1. The van der Waals surface area contributed by atoms with Crippen LogP contribution >= 0.6 is 46.3 Å². The first-order valence-corrected chi connectivity index (χ1v) is 17.0. The Balaban J connectivity index is 1.08. The van der Waals surface area contributed by atoms with Crippen molar-refractivity contribution in [3.8, 4) is 5.75 Å². The maximum absolute atomic E-state index is 13.9. The predicted octanol–water partition coefficient (Wildman–Crippen LogP) is 6.44. The molecule has 12 heteroatoms. The number of hydrogen-bond donors (Lipinski definition) is 2. The maximum atomic E-state index is 13.9. The average Bonchev–Trinajstić information content (AvgIpc) is 3.77. The molecule has 7 atom stereocenters. The van der Waals surface area contributed by atoms with Crippen molar-refractivity contribution in [3.05, 3.63) is 103 Å². The number of nitrogens with one attached hydrogen (secondary N) is 2. The van der Waals surface area contributed by atoms with Crippen LogP contribution in [0.2, 0.25) is 10.0 Å². The molecule has 1 aromatic heterocycles. The number of thioether (sulfide) groups is 1. The third kappa shape index (κ3) is 4.81. The molecular formula is C33H25Cl2N3O5S2. The fourth-order valence-electron chi connectivity index (χ4n) is 7.91. The number of hydrogen-bond acceptors (Lipinski definition) is 7. The number of halogens is 2. The number of imide groups is 1. The lowest BCUT2D eigenvalue weighted by atomic mass is 9.68. The van der Waals surface area contributed by atoms with E-state index in [4.69, 9.17) is 27.9 Å². The highest BCUT2D eigenvalue weighted by molar-refractivity contribution is 8.00. The summed E-state index contributed by atoms with van der Waals surface area (Å²) in [6.07, 6.45) is 0.792. The zero-order valence-corrected chi connectivity index (χ0v) is 26.6. The van der Waals surface area contributed by atoms with E-state index in [1.165, 1.54) is 16.2 Å². The molecule has 3 aromatic carbocycles. The van der Waals surface area contributed by atoms with Gasteiger partial charge in [0.15, 0.2) is 6.61 Å². The van der Waals surface area contributed by atoms with Crippen LogP contribution in [0.3, 0.4) is 0 Å². The summed E-state index contributed by atoms with van der Waals surface area (Å²) < 4.78 is 5.91. The maximum Gasteiger partial charge on any atom is 0.305 e. The van der Waals surface area contributed by atoms with Crippen molar-refractivity contribution in [2.24, 2.45) is 29.6 Å². The number of aromatic nitrogens is 1. The lowest BCUT2D eigenvalue weighted by Crippen LogP contribution is -2.42. The molecule has 3 fully saturated rings. The van der Waals surface area contributed by atoms with E-state index >= 15 is 0 Å². The van der Waals surface area contributed by atoms with Crippen LogP contribution in [0, 0.1) is 29.6 Å². The Hall–Kier alpha value is -3.57. The number of benzene rings is 3. The van der Waals surface area contributed by atoms with Gasteiger partial charge in [-0.1, -0.05) is 46.7 Å². The third-order valence-electron chi connectivity index (χ3n) is 9.52. The van der Waals surface area contributed by atoms with Crippen molar-refractivity contribution >= 4 is 75.4 Å². The molecule has 2 saturated carbocycles. The van der Waals surface area contributed by atoms with Gasteiger partial charge in [-0.3, -0.25) is 24.1 Å². The quantitative estimate of drug-likeness (QED) is 0.228. The van der Waals surface area contributed by atoms with Gasteiger partial charge in [0, 0.05) is 31.8 Å². The fraction of sp³-hybridized carbons (Fsp3) is 0.273. The summed E-state index contributed by atoms with van der Waals surface area (Å²) in [6.45, 7) is -0.188. The van der Waals surface area contributed by atoms with E-state index < -0.39 is 5.92 Å². The first-order valence-electron chi connectivity index (χ1n) is 14.6. The molecule has 2 bridgehead atoms. The molecule has 45 heavy (non-hydrogen) atoms. The zero-order chi connectivity index (χ0) is 31.0. The van der Waals surface area contributed by atoms with E-state index in [2.05, 4.69) is 10.3 Å². The van der Waals surface area contributed by atoms with Crippen LogP contribution in [0.15, 0.2) is 82.6 Å². The molecule has 4 aromatic rings. The fourth-order valence-corrected chi connectivity index (χ4v) is 11.1. The SMILES string of the molecule is O=C(COc1cccc([C@@H]2c3sc(=O)[nH]c3S[C@@H]3[C@@H]4C[C@@H]([C@@H]5C(=O)N(c6ccc(Cl)cc6)C(=O)[C@@H]45)[C@H]23)c1)Nc1ccc(Cl)cc1. The molecule has 228 valence electrons. The highest BCUT2D eigenvalue weighted by Gasteiger charge is 2.69. The van der Waals surface area contributed by atoms with E-state index in [1.54, 1.807) is 66.4 Å². The molecular weight excluding hydrogens is 653 g/mol. The van der Waals surface area contributed by atoms with Gasteiger partial charge in [-0.15, -0.1) is 11.8 Å².